The fourth-order valence-corrected chi connectivity index (χ4v) is 4.53. The molecule has 1 atom stereocenters. The van der Waals surface area contributed by atoms with Crippen LogP contribution in [0.15, 0.2) is 23.2 Å². The van der Waals surface area contributed by atoms with E-state index in [4.69, 9.17) is 11.5 Å². The lowest BCUT2D eigenvalue weighted by atomic mass is 10.0. The van der Waals surface area contributed by atoms with E-state index in [2.05, 4.69) is 15.4 Å². The van der Waals surface area contributed by atoms with E-state index >= 15 is 4.39 Å². The van der Waals surface area contributed by atoms with Gasteiger partial charge in [0.05, 0.1) is 17.4 Å². The topological polar surface area (TPSA) is 115 Å². The summed E-state index contributed by atoms with van der Waals surface area (Å²) in [5, 5.41) is 7.65. The van der Waals surface area contributed by atoms with E-state index in [1.54, 1.807) is 4.90 Å². The largest absolute Gasteiger partial charge is 0.396 e. The zero-order valence-electron chi connectivity index (χ0n) is 18.0. The molecule has 182 valence electrons. The van der Waals surface area contributed by atoms with Crippen LogP contribution in [0.3, 0.4) is 0 Å². The molecule has 1 saturated heterocycles. The van der Waals surface area contributed by atoms with E-state index in [-0.39, 0.29) is 28.7 Å². The van der Waals surface area contributed by atoms with Crippen molar-refractivity contribution >= 4 is 34.4 Å². The number of anilines is 3. The van der Waals surface area contributed by atoms with Crippen molar-refractivity contribution < 1.29 is 22.4 Å². The van der Waals surface area contributed by atoms with Crippen LogP contribution in [0, 0.1) is 11.6 Å². The van der Waals surface area contributed by atoms with Gasteiger partial charge in [-0.2, -0.15) is 5.10 Å². The SMILES string of the molecule is Nc1cc(-c2cnn(CC(F)F)c2N2CCCCC(N)C2)c(F)c(NC(=O)c2cscn2)c1F. The lowest BCUT2D eigenvalue weighted by Gasteiger charge is -2.27. The van der Waals surface area contributed by atoms with E-state index < -0.39 is 41.9 Å². The monoisotopic (exact) mass is 497 g/mol. The Bertz CT molecular complexity index is 1170. The summed E-state index contributed by atoms with van der Waals surface area (Å²) in [6.07, 6.45) is 0.912. The standard InChI is InChI=1S/C21H23F4N7OS/c22-16(23)8-32-21(31-4-2-1-3-11(26)7-31)13(6-29-32)12-5-14(27)18(25)19(17(12)24)30-20(33)15-9-34-10-28-15/h5-6,9-11,16H,1-4,7-8,26-27H2,(H,30,33). The summed E-state index contributed by atoms with van der Waals surface area (Å²) in [5.41, 5.74) is 12.1. The van der Waals surface area contributed by atoms with E-state index in [9.17, 15) is 18.0 Å². The van der Waals surface area contributed by atoms with Crippen LogP contribution in [0.25, 0.3) is 11.1 Å². The third-order valence-corrected chi connectivity index (χ3v) is 6.14. The van der Waals surface area contributed by atoms with E-state index in [0.29, 0.717) is 13.1 Å². The number of benzene rings is 1. The first kappa shape index (κ1) is 24.0. The smallest absolute Gasteiger partial charge is 0.275 e. The molecule has 0 spiro atoms. The van der Waals surface area contributed by atoms with Crippen LogP contribution in [0.2, 0.25) is 0 Å². The van der Waals surface area contributed by atoms with Crippen LogP contribution < -0.4 is 21.7 Å². The highest BCUT2D eigenvalue weighted by Crippen LogP contribution is 2.39. The Morgan fingerprint density at radius 1 is 1.26 bits per heavy atom. The molecule has 13 heteroatoms. The molecule has 1 fully saturated rings. The molecule has 34 heavy (non-hydrogen) atoms. The molecule has 3 heterocycles. The van der Waals surface area contributed by atoms with Gasteiger partial charge >= 0.3 is 0 Å². The van der Waals surface area contributed by atoms with Crippen LogP contribution in [0.5, 0.6) is 0 Å². The predicted molar refractivity (Wildman–Crippen MR) is 122 cm³/mol. The highest BCUT2D eigenvalue weighted by atomic mass is 32.1. The van der Waals surface area contributed by atoms with Crippen molar-refractivity contribution in [1.82, 2.24) is 14.8 Å². The second-order valence-corrected chi connectivity index (χ2v) is 8.72. The second kappa shape index (κ2) is 9.97. The number of carbonyl (C=O) groups is 1. The summed E-state index contributed by atoms with van der Waals surface area (Å²) in [6, 6.07) is 0.857. The molecule has 4 rings (SSSR count). The van der Waals surface area contributed by atoms with Gasteiger partial charge in [-0.3, -0.25) is 4.79 Å². The molecule has 8 nitrogen and oxygen atoms in total. The Morgan fingerprint density at radius 2 is 2.06 bits per heavy atom. The number of carbonyl (C=O) groups excluding carboxylic acids is 1. The summed E-state index contributed by atoms with van der Waals surface area (Å²) >= 11 is 1.15. The molecule has 0 saturated carbocycles. The molecule has 0 radical (unpaired) electrons. The number of thiazole rings is 1. The highest BCUT2D eigenvalue weighted by molar-refractivity contribution is 7.07. The van der Waals surface area contributed by atoms with E-state index in [0.717, 1.165) is 41.3 Å². The van der Waals surface area contributed by atoms with Gasteiger partial charge in [0.25, 0.3) is 12.3 Å². The van der Waals surface area contributed by atoms with Crippen LogP contribution in [0.4, 0.5) is 34.8 Å². The Hall–Kier alpha value is -3.19. The number of hydrogen-bond donors (Lipinski definition) is 3. The third kappa shape index (κ3) is 4.85. The molecule has 1 aliphatic rings. The fraction of sp³-hybridized carbons (Fsp3) is 0.381. The Kier molecular flexibility index (Phi) is 7.03. The number of nitrogen functional groups attached to an aromatic ring is 1. The van der Waals surface area contributed by atoms with Gasteiger partial charge in [0.15, 0.2) is 11.6 Å². The van der Waals surface area contributed by atoms with Gasteiger partial charge in [-0.1, -0.05) is 6.42 Å². The van der Waals surface area contributed by atoms with Gasteiger partial charge in [0.2, 0.25) is 0 Å². The molecular weight excluding hydrogens is 474 g/mol. The maximum Gasteiger partial charge on any atom is 0.275 e. The molecular formula is C21H23F4N7OS. The summed E-state index contributed by atoms with van der Waals surface area (Å²) in [6.45, 7) is 0.141. The molecule has 5 N–H and O–H groups in total. The maximum atomic E-state index is 15.6. The number of aromatic nitrogens is 3. The summed E-state index contributed by atoms with van der Waals surface area (Å²) in [7, 11) is 0. The molecule has 1 aliphatic heterocycles. The Labute approximate surface area is 196 Å². The number of nitrogens with one attached hydrogen (secondary N) is 1. The van der Waals surface area contributed by atoms with E-state index in [1.165, 1.54) is 17.1 Å². The fourth-order valence-electron chi connectivity index (χ4n) is 4.00. The molecule has 1 unspecified atom stereocenters. The molecule has 3 aromatic rings. The zero-order chi connectivity index (χ0) is 24.4. The van der Waals surface area contributed by atoms with Gasteiger partial charge < -0.3 is 21.7 Å². The number of alkyl halides is 2. The van der Waals surface area contributed by atoms with Gasteiger partial charge in [-0.05, 0) is 18.9 Å². The number of hydrogen-bond acceptors (Lipinski definition) is 7. The van der Waals surface area contributed by atoms with Crippen molar-refractivity contribution in [2.75, 3.05) is 29.0 Å². The van der Waals surface area contributed by atoms with Gasteiger partial charge in [-0.25, -0.2) is 27.2 Å². The maximum absolute atomic E-state index is 15.6. The average molecular weight is 498 g/mol. The highest BCUT2D eigenvalue weighted by Gasteiger charge is 2.28. The van der Waals surface area contributed by atoms with Crippen molar-refractivity contribution in [2.45, 2.75) is 38.3 Å². The third-order valence-electron chi connectivity index (χ3n) is 5.55. The average Bonchev–Trinajstić information content (AvgIpc) is 3.41. The second-order valence-electron chi connectivity index (χ2n) is 8.00. The molecule has 1 aromatic carbocycles. The van der Waals surface area contributed by atoms with Crippen LogP contribution in [-0.2, 0) is 6.54 Å². The van der Waals surface area contributed by atoms with Crippen molar-refractivity contribution in [3.8, 4) is 11.1 Å². The van der Waals surface area contributed by atoms with Crippen molar-refractivity contribution in [1.29, 1.82) is 0 Å². The number of rotatable bonds is 6. The first-order valence-corrected chi connectivity index (χ1v) is 11.5. The first-order valence-electron chi connectivity index (χ1n) is 10.6. The van der Waals surface area contributed by atoms with Gasteiger partial charge in [0.1, 0.15) is 23.7 Å². The zero-order valence-corrected chi connectivity index (χ0v) is 18.8. The number of nitrogens with zero attached hydrogens (tertiary/aromatic N) is 4. The van der Waals surface area contributed by atoms with Crippen LogP contribution >= 0.6 is 11.3 Å². The Balaban J connectivity index is 1.81. The Morgan fingerprint density at radius 3 is 2.76 bits per heavy atom. The summed E-state index contributed by atoms with van der Waals surface area (Å²) in [5.74, 6) is -2.84. The van der Waals surface area contributed by atoms with Crippen LogP contribution in [0.1, 0.15) is 29.8 Å². The number of nitrogens with two attached hydrogens (primary N) is 2. The lowest BCUT2D eigenvalue weighted by Crippen LogP contribution is -2.37. The van der Waals surface area contributed by atoms with Crippen molar-refractivity contribution in [3.05, 3.63) is 40.5 Å². The normalized spacial score (nSPS) is 16.6. The number of amides is 1. The molecule has 1 amide bonds. The van der Waals surface area contributed by atoms with E-state index in [1.807, 2.05) is 0 Å². The van der Waals surface area contributed by atoms with Gasteiger partial charge in [-0.15, -0.1) is 11.3 Å². The van der Waals surface area contributed by atoms with Crippen molar-refractivity contribution in [3.63, 3.8) is 0 Å². The van der Waals surface area contributed by atoms with Crippen LogP contribution in [-0.4, -0.2) is 46.2 Å². The van der Waals surface area contributed by atoms with Gasteiger partial charge in [0, 0.05) is 35.6 Å². The number of halogens is 4. The quantitative estimate of drug-likeness (QED) is 0.353. The first-order chi connectivity index (χ1) is 16.3. The predicted octanol–water partition coefficient (Wildman–Crippen LogP) is 3.70. The summed E-state index contributed by atoms with van der Waals surface area (Å²) < 4.78 is 58.0. The molecule has 0 aliphatic carbocycles. The minimum absolute atomic E-state index is 0.0169. The summed E-state index contributed by atoms with van der Waals surface area (Å²) in [4.78, 5) is 18.0. The van der Waals surface area contributed by atoms with Crippen molar-refractivity contribution in [2.24, 2.45) is 5.73 Å². The molecule has 0 bridgehead atoms. The minimum Gasteiger partial charge on any atom is -0.396 e. The lowest BCUT2D eigenvalue weighted by molar-refractivity contribution is 0.102. The minimum atomic E-state index is -2.71. The molecule has 2 aromatic heterocycles.